The van der Waals surface area contributed by atoms with Gasteiger partial charge >= 0.3 is 0 Å². The first-order valence-electron chi connectivity index (χ1n) is 9.10. The standard InChI is InChI=1S/C23H21NO4/c1-24(14-17-11-12-21-22(13-17)28-16-27-21)23(25)15-26-20-10-6-5-9-19(20)18-7-3-2-4-8-18/h2-13H,14-16H2,1H3. The maximum atomic E-state index is 12.5. The molecule has 0 atom stereocenters. The van der Waals surface area contributed by atoms with Gasteiger partial charge in [-0.25, -0.2) is 0 Å². The van der Waals surface area contributed by atoms with Crippen LogP contribution in [0.15, 0.2) is 72.8 Å². The second kappa shape index (κ2) is 8.05. The van der Waals surface area contributed by atoms with Crippen LogP contribution in [0, 0.1) is 0 Å². The maximum Gasteiger partial charge on any atom is 0.260 e. The average Bonchev–Trinajstić information content (AvgIpc) is 3.20. The minimum Gasteiger partial charge on any atom is -0.483 e. The second-order valence-electron chi connectivity index (χ2n) is 6.59. The fourth-order valence-corrected chi connectivity index (χ4v) is 3.10. The molecule has 3 aromatic carbocycles. The second-order valence-corrected chi connectivity index (χ2v) is 6.59. The van der Waals surface area contributed by atoms with Gasteiger partial charge in [0.2, 0.25) is 6.79 Å². The lowest BCUT2D eigenvalue weighted by atomic mass is 10.1. The number of likely N-dealkylation sites (N-methyl/N-ethyl adjacent to an activating group) is 1. The highest BCUT2D eigenvalue weighted by Crippen LogP contribution is 2.33. The quantitative estimate of drug-likeness (QED) is 0.650. The molecular formula is C23H21NO4. The van der Waals surface area contributed by atoms with Crippen LogP contribution in [0.2, 0.25) is 0 Å². The zero-order valence-corrected chi connectivity index (χ0v) is 15.6. The van der Waals surface area contributed by atoms with Crippen LogP contribution in [0.25, 0.3) is 11.1 Å². The molecule has 0 radical (unpaired) electrons. The summed E-state index contributed by atoms with van der Waals surface area (Å²) in [5.41, 5.74) is 3.00. The van der Waals surface area contributed by atoms with E-state index in [9.17, 15) is 4.79 Å². The minimum absolute atomic E-state index is 0.0229. The lowest BCUT2D eigenvalue weighted by molar-refractivity contribution is -0.132. The van der Waals surface area contributed by atoms with Gasteiger partial charge in [0.1, 0.15) is 5.75 Å². The first-order chi connectivity index (χ1) is 13.7. The number of amides is 1. The molecule has 0 aliphatic carbocycles. The number of para-hydroxylation sites is 1. The third-order valence-electron chi connectivity index (χ3n) is 4.61. The molecular weight excluding hydrogens is 354 g/mol. The third kappa shape index (κ3) is 3.93. The first-order valence-corrected chi connectivity index (χ1v) is 9.10. The summed E-state index contributed by atoms with van der Waals surface area (Å²) in [5.74, 6) is 2.05. The van der Waals surface area contributed by atoms with Crippen molar-refractivity contribution in [2.75, 3.05) is 20.4 Å². The predicted octanol–water partition coefficient (Wildman–Crippen LogP) is 4.12. The van der Waals surface area contributed by atoms with Gasteiger partial charge in [0.15, 0.2) is 18.1 Å². The SMILES string of the molecule is CN(Cc1ccc2c(c1)OCO2)C(=O)COc1ccccc1-c1ccccc1. The van der Waals surface area contributed by atoms with Crippen LogP contribution >= 0.6 is 0 Å². The third-order valence-corrected chi connectivity index (χ3v) is 4.61. The summed E-state index contributed by atoms with van der Waals surface area (Å²) in [6.07, 6.45) is 0. The monoisotopic (exact) mass is 375 g/mol. The summed E-state index contributed by atoms with van der Waals surface area (Å²) in [6.45, 7) is 0.687. The number of benzene rings is 3. The number of carbonyl (C=O) groups excluding carboxylic acids is 1. The molecule has 0 spiro atoms. The van der Waals surface area contributed by atoms with Gasteiger partial charge in [-0.15, -0.1) is 0 Å². The fraction of sp³-hybridized carbons (Fsp3) is 0.174. The summed E-state index contributed by atoms with van der Waals surface area (Å²) < 4.78 is 16.6. The fourth-order valence-electron chi connectivity index (χ4n) is 3.10. The van der Waals surface area contributed by atoms with E-state index in [4.69, 9.17) is 14.2 Å². The van der Waals surface area contributed by atoms with Gasteiger partial charge in [-0.1, -0.05) is 54.6 Å². The van der Waals surface area contributed by atoms with E-state index >= 15 is 0 Å². The Morgan fingerprint density at radius 3 is 2.57 bits per heavy atom. The van der Waals surface area contributed by atoms with Crippen molar-refractivity contribution >= 4 is 5.91 Å². The lowest BCUT2D eigenvalue weighted by Gasteiger charge is -2.18. The summed E-state index contributed by atoms with van der Waals surface area (Å²) in [7, 11) is 1.76. The van der Waals surface area contributed by atoms with Crippen LogP contribution in [-0.2, 0) is 11.3 Å². The molecule has 0 saturated carbocycles. The Morgan fingerprint density at radius 2 is 1.71 bits per heavy atom. The number of carbonyl (C=O) groups is 1. The van der Waals surface area contributed by atoms with E-state index < -0.39 is 0 Å². The molecule has 1 heterocycles. The van der Waals surface area contributed by atoms with E-state index in [1.165, 1.54) is 0 Å². The summed E-state index contributed by atoms with van der Waals surface area (Å²) >= 11 is 0. The molecule has 5 heteroatoms. The minimum atomic E-state index is -0.0967. The van der Waals surface area contributed by atoms with E-state index in [1.54, 1.807) is 11.9 Å². The van der Waals surface area contributed by atoms with Gasteiger partial charge in [-0.05, 0) is 29.3 Å². The average molecular weight is 375 g/mol. The van der Waals surface area contributed by atoms with Gasteiger partial charge in [0.05, 0.1) is 0 Å². The highest BCUT2D eigenvalue weighted by Gasteiger charge is 2.16. The number of hydrogen-bond acceptors (Lipinski definition) is 4. The maximum absolute atomic E-state index is 12.5. The molecule has 28 heavy (non-hydrogen) atoms. The molecule has 5 nitrogen and oxygen atoms in total. The van der Waals surface area contributed by atoms with Crippen LogP contribution in [0.1, 0.15) is 5.56 Å². The van der Waals surface area contributed by atoms with E-state index in [0.717, 1.165) is 22.4 Å². The normalized spacial score (nSPS) is 11.9. The van der Waals surface area contributed by atoms with Crippen molar-refractivity contribution in [1.82, 2.24) is 4.90 Å². The molecule has 4 rings (SSSR count). The van der Waals surface area contributed by atoms with Gasteiger partial charge in [-0.2, -0.15) is 0 Å². The van der Waals surface area contributed by atoms with Crippen LogP contribution in [0.4, 0.5) is 0 Å². The molecule has 1 aliphatic rings. The molecule has 3 aromatic rings. The topological polar surface area (TPSA) is 48.0 Å². The van der Waals surface area contributed by atoms with Crippen LogP contribution < -0.4 is 14.2 Å². The van der Waals surface area contributed by atoms with E-state index in [1.807, 2.05) is 72.8 Å². The molecule has 0 aromatic heterocycles. The van der Waals surface area contributed by atoms with Crippen LogP contribution in [-0.4, -0.2) is 31.3 Å². The summed E-state index contributed by atoms with van der Waals surface area (Å²) in [5, 5.41) is 0. The zero-order valence-electron chi connectivity index (χ0n) is 15.6. The van der Waals surface area contributed by atoms with E-state index in [0.29, 0.717) is 18.0 Å². The smallest absolute Gasteiger partial charge is 0.260 e. The molecule has 1 amide bonds. The Labute approximate surface area is 164 Å². The number of nitrogens with zero attached hydrogens (tertiary/aromatic N) is 1. The van der Waals surface area contributed by atoms with Crippen molar-refractivity contribution in [1.29, 1.82) is 0 Å². The summed E-state index contributed by atoms with van der Waals surface area (Å²) in [4.78, 5) is 14.2. The van der Waals surface area contributed by atoms with Crippen LogP contribution in [0.3, 0.4) is 0 Å². The van der Waals surface area contributed by atoms with Crippen molar-refractivity contribution in [3.8, 4) is 28.4 Å². The highest BCUT2D eigenvalue weighted by molar-refractivity contribution is 5.78. The Morgan fingerprint density at radius 1 is 0.964 bits per heavy atom. The molecule has 0 fully saturated rings. The van der Waals surface area contributed by atoms with Gasteiger partial charge < -0.3 is 19.1 Å². The number of hydrogen-bond donors (Lipinski definition) is 0. The van der Waals surface area contributed by atoms with Gasteiger partial charge in [0.25, 0.3) is 5.91 Å². The number of ether oxygens (including phenoxy) is 3. The van der Waals surface area contributed by atoms with Crippen LogP contribution in [0.5, 0.6) is 17.2 Å². The van der Waals surface area contributed by atoms with Crippen molar-refractivity contribution < 1.29 is 19.0 Å². The van der Waals surface area contributed by atoms with Gasteiger partial charge in [0, 0.05) is 19.2 Å². The molecule has 142 valence electrons. The number of rotatable bonds is 6. The van der Waals surface area contributed by atoms with Crippen molar-refractivity contribution in [2.24, 2.45) is 0 Å². The number of fused-ring (bicyclic) bond motifs is 1. The lowest BCUT2D eigenvalue weighted by Crippen LogP contribution is -2.31. The summed E-state index contributed by atoms with van der Waals surface area (Å²) in [6, 6.07) is 23.4. The predicted molar refractivity (Wildman–Crippen MR) is 106 cm³/mol. The first kappa shape index (κ1) is 17.9. The molecule has 0 bridgehead atoms. The molecule has 0 unspecified atom stereocenters. The van der Waals surface area contributed by atoms with Crippen molar-refractivity contribution in [2.45, 2.75) is 6.54 Å². The molecule has 0 saturated heterocycles. The Balaban J connectivity index is 1.39. The van der Waals surface area contributed by atoms with E-state index in [-0.39, 0.29) is 19.3 Å². The van der Waals surface area contributed by atoms with Crippen molar-refractivity contribution in [3.05, 3.63) is 78.4 Å². The molecule has 0 N–H and O–H groups in total. The zero-order chi connectivity index (χ0) is 19.3. The van der Waals surface area contributed by atoms with E-state index in [2.05, 4.69) is 0 Å². The van der Waals surface area contributed by atoms with Crippen molar-refractivity contribution in [3.63, 3.8) is 0 Å². The Bertz CT molecular complexity index is 971. The molecule has 1 aliphatic heterocycles. The van der Waals surface area contributed by atoms with Gasteiger partial charge in [-0.3, -0.25) is 4.79 Å². The Kier molecular flexibility index (Phi) is 5.15. The largest absolute Gasteiger partial charge is 0.483 e. The highest BCUT2D eigenvalue weighted by atomic mass is 16.7. The Hall–Kier alpha value is -3.47.